The van der Waals surface area contributed by atoms with Crippen LogP contribution in [0.15, 0.2) is 0 Å². The second-order valence-electron chi connectivity index (χ2n) is 4.02. The Morgan fingerprint density at radius 1 is 1.33 bits per heavy atom. The minimum atomic E-state index is -2.84. The molecule has 92 valence electrons. The standard InChI is InChI=1S/C10H23NO3S/c1-4-15(12,13)7-5-6-10(11)8-14-9(2)3/h9-10H,4-8,11H2,1-3H3. The fraction of sp³-hybridized carbons (Fsp3) is 1.00. The Bertz CT molecular complexity index is 249. The normalized spacial score (nSPS) is 14.5. The molecule has 2 N–H and O–H groups in total. The summed E-state index contributed by atoms with van der Waals surface area (Å²) in [6.07, 6.45) is 1.50. The highest BCUT2D eigenvalue weighted by atomic mass is 32.2. The first-order valence-corrected chi connectivity index (χ1v) is 7.27. The minimum absolute atomic E-state index is 0.0561. The summed E-state index contributed by atoms with van der Waals surface area (Å²) in [5, 5.41) is 0. The molecule has 0 spiro atoms. The molecule has 0 heterocycles. The maximum Gasteiger partial charge on any atom is 0.150 e. The van der Waals surface area contributed by atoms with Crippen molar-refractivity contribution < 1.29 is 13.2 Å². The van der Waals surface area contributed by atoms with Crippen molar-refractivity contribution >= 4 is 9.84 Å². The summed E-state index contributed by atoms with van der Waals surface area (Å²) in [5.41, 5.74) is 5.77. The van der Waals surface area contributed by atoms with Crippen molar-refractivity contribution in [2.75, 3.05) is 18.1 Å². The highest BCUT2D eigenvalue weighted by Gasteiger charge is 2.09. The molecule has 0 rings (SSSR count). The van der Waals surface area contributed by atoms with Crippen molar-refractivity contribution in [3.63, 3.8) is 0 Å². The van der Waals surface area contributed by atoms with Gasteiger partial charge in [0, 0.05) is 11.8 Å². The van der Waals surface area contributed by atoms with Crippen LogP contribution in [0.2, 0.25) is 0 Å². The van der Waals surface area contributed by atoms with Crippen molar-refractivity contribution in [3.05, 3.63) is 0 Å². The van der Waals surface area contributed by atoms with Gasteiger partial charge in [-0.2, -0.15) is 0 Å². The molecule has 0 radical (unpaired) electrons. The number of sulfone groups is 1. The van der Waals surface area contributed by atoms with Gasteiger partial charge in [0.05, 0.1) is 18.5 Å². The van der Waals surface area contributed by atoms with Crippen LogP contribution in [-0.4, -0.2) is 38.7 Å². The Morgan fingerprint density at radius 3 is 2.40 bits per heavy atom. The van der Waals surface area contributed by atoms with Gasteiger partial charge >= 0.3 is 0 Å². The number of ether oxygens (including phenoxy) is 1. The lowest BCUT2D eigenvalue weighted by atomic mass is 10.2. The first-order valence-electron chi connectivity index (χ1n) is 5.45. The van der Waals surface area contributed by atoms with Crippen molar-refractivity contribution in [2.45, 2.75) is 45.8 Å². The lowest BCUT2D eigenvalue weighted by Crippen LogP contribution is -2.28. The van der Waals surface area contributed by atoms with Gasteiger partial charge in [-0.25, -0.2) is 8.42 Å². The third kappa shape index (κ3) is 8.84. The Labute approximate surface area is 93.1 Å². The van der Waals surface area contributed by atoms with Crippen molar-refractivity contribution in [2.24, 2.45) is 5.73 Å². The number of hydrogen-bond donors (Lipinski definition) is 1. The monoisotopic (exact) mass is 237 g/mol. The van der Waals surface area contributed by atoms with E-state index in [1.165, 1.54) is 0 Å². The predicted molar refractivity (Wildman–Crippen MR) is 62.6 cm³/mol. The van der Waals surface area contributed by atoms with Gasteiger partial charge in [0.25, 0.3) is 0 Å². The lowest BCUT2D eigenvalue weighted by Gasteiger charge is -2.13. The largest absolute Gasteiger partial charge is 0.377 e. The van der Waals surface area contributed by atoms with Gasteiger partial charge in [-0.15, -0.1) is 0 Å². The first-order chi connectivity index (χ1) is 6.87. The van der Waals surface area contributed by atoms with Gasteiger partial charge in [0.2, 0.25) is 0 Å². The Kier molecular flexibility index (Phi) is 7.13. The maximum atomic E-state index is 11.2. The summed E-state index contributed by atoms with van der Waals surface area (Å²) >= 11 is 0. The summed E-state index contributed by atoms with van der Waals surface area (Å²) in [6, 6.07) is -0.0561. The molecule has 0 saturated heterocycles. The van der Waals surface area contributed by atoms with Gasteiger partial charge in [-0.05, 0) is 26.7 Å². The molecule has 0 amide bonds. The molecule has 0 bridgehead atoms. The van der Waals surface area contributed by atoms with Crippen LogP contribution < -0.4 is 5.73 Å². The Balaban J connectivity index is 3.59. The second-order valence-corrected chi connectivity index (χ2v) is 6.49. The van der Waals surface area contributed by atoms with Crippen LogP contribution in [0.1, 0.15) is 33.6 Å². The highest BCUT2D eigenvalue weighted by molar-refractivity contribution is 7.91. The molecule has 0 fully saturated rings. The Morgan fingerprint density at radius 2 is 1.93 bits per heavy atom. The molecule has 0 saturated carbocycles. The van der Waals surface area contributed by atoms with E-state index in [9.17, 15) is 8.42 Å². The van der Waals surface area contributed by atoms with Crippen LogP contribution in [0.4, 0.5) is 0 Å². The van der Waals surface area contributed by atoms with Gasteiger partial charge in [0.15, 0.2) is 0 Å². The average molecular weight is 237 g/mol. The zero-order valence-corrected chi connectivity index (χ0v) is 10.7. The van der Waals surface area contributed by atoms with Gasteiger partial charge in [-0.1, -0.05) is 6.92 Å². The van der Waals surface area contributed by atoms with E-state index < -0.39 is 9.84 Å². The van der Waals surface area contributed by atoms with E-state index in [0.717, 1.165) is 0 Å². The average Bonchev–Trinajstić information content (AvgIpc) is 2.14. The molecule has 0 aromatic heterocycles. The molecule has 1 unspecified atom stereocenters. The minimum Gasteiger partial charge on any atom is -0.377 e. The summed E-state index contributed by atoms with van der Waals surface area (Å²) in [5.74, 6) is 0.448. The molecule has 0 aliphatic heterocycles. The van der Waals surface area contributed by atoms with E-state index in [4.69, 9.17) is 10.5 Å². The molecule has 4 nitrogen and oxygen atoms in total. The number of nitrogens with two attached hydrogens (primary N) is 1. The zero-order valence-electron chi connectivity index (χ0n) is 9.90. The zero-order chi connectivity index (χ0) is 11.9. The van der Waals surface area contributed by atoms with Crippen molar-refractivity contribution in [1.82, 2.24) is 0 Å². The molecule has 0 aliphatic rings. The predicted octanol–water partition coefficient (Wildman–Crippen LogP) is 0.954. The Hall–Kier alpha value is -0.130. The molecular weight excluding hydrogens is 214 g/mol. The van der Waals surface area contributed by atoms with E-state index in [1.54, 1.807) is 6.92 Å². The van der Waals surface area contributed by atoms with Gasteiger partial charge in [0.1, 0.15) is 9.84 Å². The molecule has 0 aromatic carbocycles. The lowest BCUT2D eigenvalue weighted by molar-refractivity contribution is 0.0668. The summed E-state index contributed by atoms with van der Waals surface area (Å²) in [4.78, 5) is 0. The van der Waals surface area contributed by atoms with E-state index in [0.29, 0.717) is 19.4 Å². The van der Waals surface area contributed by atoms with E-state index in [1.807, 2.05) is 13.8 Å². The highest BCUT2D eigenvalue weighted by Crippen LogP contribution is 2.01. The molecule has 15 heavy (non-hydrogen) atoms. The maximum absolute atomic E-state index is 11.2. The molecule has 5 heteroatoms. The summed E-state index contributed by atoms with van der Waals surface area (Å²) in [6.45, 7) is 6.07. The fourth-order valence-corrected chi connectivity index (χ4v) is 2.00. The summed E-state index contributed by atoms with van der Waals surface area (Å²) < 4.78 is 27.7. The molecule has 0 aliphatic carbocycles. The van der Waals surface area contributed by atoms with Crippen molar-refractivity contribution in [3.8, 4) is 0 Å². The fourth-order valence-electron chi connectivity index (χ4n) is 1.11. The van der Waals surface area contributed by atoms with Gasteiger partial charge in [-0.3, -0.25) is 0 Å². The quantitative estimate of drug-likeness (QED) is 0.682. The molecule has 0 aromatic rings. The number of hydrogen-bond acceptors (Lipinski definition) is 4. The topological polar surface area (TPSA) is 69.4 Å². The van der Waals surface area contributed by atoms with Crippen LogP contribution in [0.5, 0.6) is 0 Å². The number of rotatable bonds is 8. The second kappa shape index (κ2) is 7.19. The van der Waals surface area contributed by atoms with Crippen LogP contribution in [-0.2, 0) is 14.6 Å². The van der Waals surface area contributed by atoms with Crippen molar-refractivity contribution in [1.29, 1.82) is 0 Å². The third-order valence-electron chi connectivity index (χ3n) is 2.11. The van der Waals surface area contributed by atoms with E-state index in [-0.39, 0.29) is 23.7 Å². The third-order valence-corrected chi connectivity index (χ3v) is 3.90. The van der Waals surface area contributed by atoms with Crippen LogP contribution in [0.3, 0.4) is 0 Å². The molecule has 1 atom stereocenters. The van der Waals surface area contributed by atoms with Gasteiger partial charge < -0.3 is 10.5 Å². The summed E-state index contributed by atoms with van der Waals surface area (Å²) in [7, 11) is -2.84. The first kappa shape index (κ1) is 14.9. The van der Waals surface area contributed by atoms with E-state index in [2.05, 4.69) is 0 Å². The smallest absolute Gasteiger partial charge is 0.150 e. The molecular formula is C10H23NO3S. The SMILES string of the molecule is CCS(=O)(=O)CCCC(N)COC(C)C. The van der Waals surface area contributed by atoms with Crippen LogP contribution in [0, 0.1) is 0 Å². The van der Waals surface area contributed by atoms with E-state index >= 15 is 0 Å². The van der Waals surface area contributed by atoms with Crippen LogP contribution in [0.25, 0.3) is 0 Å². The van der Waals surface area contributed by atoms with Crippen LogP contribution >= 0.6 is 0 Å².